The molecule has 0 saturated carbocycles. The molecular formula is C19H24N2O3S2. The molecule has 0 aliphatic heterocycles. The van der Waals surface area contributed by atoms with E-state index >= 15 is 0 Å². The van der Waals surface area contributed by atoms with Gasteiger partial charge in [0.1, 0.15) is 0 Å². The molecular weight excluding hydrogens is 368 g/mol. The van der Waals surface area contributed by atoms with Gasteiger partial charge in [0.25, 0.3) is 0 Å². The largest absolute Gasteiger partial charge is 0.348 e. The van der Waals surface area contributed by atoms with Gasteiger partial charge < -0.3 is 5.32 Å². The number of likely N-dealkylation sites (N-methyl/N-ethyl adjacent to an activating group) is 1. The van der Waals surface area contributed by atoms with Crippen molar-refractivity contribution in [2.45, 2.75) is 29.2 Å². The third-order valence-corrected chi connectivity index (χ3v) is 6.64. The van der Waals surface area contributed by atoms with Crippen LogP contribution >= 0.6 is 11.8 Å². The number of nitrogens with one attached hydrogen (secondary N) is 1. The molecule has 0 aliphatic rings. The highest BCUT2D eigenvalue weighted by Crippen LogP contribution is 2.20. The molecule has 0 aromatic heterocycles. The molecule has 1 N–H and O–H groups in total. The normalized spacial score (nSPS) is 12.8. The van der Waals surface area contributed by atoms with Gasteiger partial charge in [0, 0.05) is 11.9 Å². The van der Waals surface area contributed by atoms with Crippen molar-refractivity contribution in [1.82, 2.24) is 9.62 Å². The summed E-state index contributed by atoms with van der Waals surface area (Å²) in [7, 11) is -2.29. The molecule has 0 heterocycles. The summed E-state index contributed by atoms with van der Waals surface area (Å²) in [5, 5.41) is 2.91. The second-order valence-corrected chi connectivity index (χ2v) is 8.80. The van der Waals surface area contributed by atoms with Gasteiger partial charge in [-0.25, -0.2) is 8.42 Å². The summed E-state index contributed by atoms with van der Waals surface area (Å²) in [5.74, 6) is -0.326. The average molecular weight is 393 g/mol. The quantitative estimate of drug-likeness (QED) is 0.700. The van der Waals surface area contributed by atoms with E-state index in [4.69, 9.17) is 0 Å². The van der Waals surface area contributed by atoms with E-state index in [0.717, 1.165) is 21.2 Å². The lowest BCUT2D eigenvalue weighted by atomic mass is 10.0. The molecule has 0 fully saturated rings. The van der Waals surface area contributed by atoms with Crippen LogP contribution in [-0.2, 0) is 14.8 Å². The molecule has 5 nitrogen and oxygen atoms in total. The van der Waals surface area contributed by atoms with Crippen molar-refractivity contribution in [2.24, 2.45) is 0 Å². The fourth-order valence-electron chi connectivity index (χ4n) is 2.56. The third kappa shape index (κ3) is 5.09. The Morgan fingerprint density at radius 1 is 1.12 bits per heavy atom. The van der Waals surface area contributed by atoms with Gasteiger partial charge in [-0.1, -0.05) is 37.3 Å². The average Bonchev–Trinajstić information content (AvgIpc) is 2.66. The molecule has 2 rings (SSSR count). The van der Waals surface area contributed by atoms with Crippen molar-refractivity contribution in [2.75, 3.05) is 19.8 Å². The lowest BCUT2D eigenvalue weighted by Crippen LogP contribution is -2.39. The van der Waals surface area contributed by atoms with Gasteiger partial charge in [0.2, 0.25) is 15.9 Å². The maximum Gasteiger partial charge on any atom is 0.243 e. The molecule has 0 radical (unpaired) electrons. The topological polar surface area (TPSA) is 66.5 Å². The van der Waals surface area contributed by atoms with Gasteiger partial charge in [-0.3, -0.25) is 4.79 Å². The molecule has 2 aromatic rings. The number of thioether (sulfide) groups is 1. The number of amides is 1. The number of hydrogen-bond acceptors (Lipinski definition) is 4. The number of rotatable bonds is 8. The summed E-state index contributed by atoms with van der Waals surface area (Å²) in [6.07, 6.45) is 2.65. The fraction of sp³-hybridized carbons (Fsp3) is 0.316. The first-order valence-corrected chi connectivity index (χ1v) is 11.0. The predicted molar refractivity (Wildman–Crippen MR) is 106 cm³/mol. The molecule has 1 atom stereocenters. The van der Waals surface area contributed by atoms with Gasteiger partial charge in [0.05, 0.1) is 17.5 Å². The van der Waals surface area contributed by atoms with Crippen LogP contribution in [0.4, 0.5) is 0 Å². The standard InChI is InChI=1S/C19H24N2O3S2/c1-4-18(15-8-6-5-7-9-15)20-19(22)14-21(2)26(23,24)17-12-10-16(25-3)11-13-17/h5-13,18H,4,14H2,1-3H3,(H,20,22)/t18-/m1/s1. The Labute approximate surface area is 159 Å². The van der Waals surface area contributed by atoms with E-state index in [1.807, 2.05) is 43.5 Å². The van der Waals surface area contributed by atoms with E-state index in [9.17, 15) is 13.2 Å². The molecule has 1 amide bonds. The summed E-state index contributed by atoms with van der Waals surface area (Å²) in [4.78, 5) is 13.5. The van der Waals surface area contributed by atoms with E-state index in [1.54, 1.807) is 36.0 Å². The second-order valence-electron chi connectivity index (χ2n) is 5.88. The lowest BCUT2D eigenvalue weighted by molar-refractivity contribution is -0.121. The molecule has 0 spiro atoms. The van der Waals surface area contributed by atoms with Gasteiger partial charge in [0.15, 0.2) is 0 Å². The minimum Gasteiger partial charge on any atom is -0.348 e. The van der Waals surface area contributed by atoms with Crippen LogP contribution in [0.1, 0.15) is 24.9 Å². The number of nitrogens with zero attached hydrogens (tertiary/aromatic N) is 1. The van der Waals surface area contributed by atoms with Crippen LogP contribution in [0.25, 0.3) is 0 Å². The Morgan fingerprint density at radius 2 is 1.73 bits per heavy atom. The summed E-state index contributed by atoms with van der Waals surface area (Å²) >= 11 is 1.54. The van der Waals surface area contributed by atoms with E-state index in [2.05, 4.69) is 5.32 Å². The first-order chi connectivity index (χ1) is 12.4. The molecule has 0 aliphatic carbocycles. The van der Waals surface area contributed by atoms with Crippen molar-refractivity contribution in [3.8, 4) is 0 Å². The molecule has 26 heavy (non-hydrogen) atoms. The smallest absolute Gasteiger partial charge is 0.243 e. The lowest BCUT2D eigenvalue weighted by Gasteiger charge is -2.21. The third-order valence-electron chi connectivity index (χ3n) is 4.08. The zero-order valence-corrected chi connectivity index (χ0v) is 16.8. The summed E-state index contributed by atoms with van der Waals surface area (Å²) in [5.41, 5.74) is 1.00. The highest BCUT2D eigenvalue weighted by Gasteiger charge is 2.24. The van der Waals surface area contributed by atoms with Crippen LogP contribution in [-0.4, -0.2) is 38.5 Å². The molecule has 0 saturated heterocycles. The van der Waals surface area contributed by atoms with Crippen molar-refractivity contribution < 1.29 is 13.2 Å². The first-order valence-electron chi connectivity index (χ1n) is 8.33. The summed E-state index contributed by atoms with van der Waals surface area (Å²) in [6, 6.07) is 16.1. The van der Waals surface area contributed by atoms with Crippen LogP contribution in [0.3, 0.4) is 0 Å². The second kappa shape index (κ2) is 9.21. The van der Waals surface area contributed by atoms with Gasteiger partial charge >= 0.3 is 0 Å². The predicted octanol–water partition coefficient (Wildman–Crippen LogP) is 3.30. The number of hydrogen-bond donors (Lipinski definition) is 1. The van der Waals surface area contributed by atoms with E-state index in [0.29, 0.717) is 0 Å². The number of carbonyl (C=O) groups is 1. The van der Waals surface area contributed by atoms with Crippen molar-refractivity contribution >= 4 is 27.7 Å². The van der Waals surface area contributed by atoms with Gasteiger partial charge in [-0.05, 0) is 42.5 Å². The molecule has 7 heteroatoms. The Morgan fingerprint density at radius 3 is 2.27 bits per heavy atom. The maximum absolute atomic E-state index is 12.6. The van der Waals surface area contributed by atoms with Gasteiger partial charge in [-0.2, -0.15) is 4.31 Å². The Kier molecular flexibility index (Phi) is 7.25. The minimum absolute atomic E-state index is 0.138. The number of carbonyl (C=O) groups excluding carboxylic acids is 1. The summed E-state index contributed by atoms with van der Waals surface area (Å²) < 4.78 is 26.3. The zero-order valence-electron chi connectivity index (χ0n) is 15.2. The van der Waals surface area contributed by atoms with E-state index < -0.39 is 10.0 Å². The van der Waals surface area contributed by atoms with Crippen molar-refractivity contribution in [3.63, 3.8) is 0 Å². The van der Waals surface area contributed by atoms with Crippen LogP contribution in [0, 0.1) is 0 Å². The van der Waals surface area contributed by atoms with Crippen LogP contribution < -0.4 is 5.32 Å². The molecule has 0 unspecified atom stereocenters. The highest BCUT2D eigenvalue weighted by atomic mass is 32.2. The number of benzene rings is 2. The monoisotopic (exact) mass is 392 g/mol. The SMILES string of the molecule is CC[C@@H](NC(=O)CN(C)S(=O)(=O)c1ccc(SC)cc1)c1ccccc1. The highest BCUT2D eigenvalue weighted by molar-refractivity contribution is 7.98. The molecule has 2 aromatic carbocycles. The van der Waals surface area contributed by atoms with E-state index in [-0.39, 0.29) is 23.4 Å². The van der Waals surface area contributed by atoms with E-state index in [1.165, 1.54) is 7.05 Å². The molecule has 0 bridgehead atoms. The van der Waals surface area contributed by atoms with Crippen molar-refractivity contribution in [3.05, 3.63) is 60.2 Å². The number of sulfonamides is 1. The van der Waals surface area contributed by atoms with Crippen LogP contribution in [0.15, 0.2) is 64.4 Å². The maximum atomic E-state index is 12.6. The Hall–Kier alpha value is -1.83. The zero-order chi connectivity index (χ0) is 19.2. The summed E-state index contributed by atoms with van der Waals surface area (Å²) in [6.45, 7) is 1.75. The minimum atomic E-state index is -3.70. The van der Waals surface area contributed by atoms with Crippen LogP contribution in [0.2, 0.25) is 0 Å². The first kappa shape index (κ1) is 20.5. The Balaban J connectivity index is 2.05. The van der Waals surface area contributed by atoms with Gasteiger partial charge in [-0.15, -0.1) is 11.8 Å². The fourth-order valence-corrected chi connectivity index (χ4v) is 4.10. The Bertz CT molecular complexity index is 822. The van der Waals surface area contributed by atoms with Crippen molar-refractivity contribution in [1.29, 1.82) is 0 Å². The molecule has 140 valence electrons. The van der Waals surface area contributed by atoms with Crippen LogP contribution in [0.5, 0.6) is 0 Å².